The molecule has 1 aliphatic rings. The second kappa shape index (κ2) is 4.40. The average Bonchev–Trinajstić information content (AvgIpc) is 2.83. The number of halogens is 1. The van der Waals surface area contributed by atoms with Crippen LogP contribution in [0.2, 0.25) is 0 Å². The van der Waals surface area contributed by atoms with Gasteiger partial charge < -0.3 is 9.84 Å². The summed E-state index contributed by atoms with van der Waals surface area (Å²) in [5, 5.41) is 10.1. The van der Waals surface area contributed by atoms with Gasteiger partial charge in [-0.05, 0) is 18.2 Å². The smallest absolute Gasteiger partial charge is 0.137 e. The van der Waals surface area contributed by atoms with E-state index in [1.807, 2.05) is 18.2 Å². The van der Waals surface area contributed by atoms with Crippen LogP contribution in [0.15, 0.2) is 34.4 Å². The van der Waals surface area contributed by atoms with Gasteiger partial charge >= 0.3 is 0 Å². The van der Waals surface area contributed by atoms with Gasteiger partial charge in [-0.15, -0.1) is 11.3 Å². The first-order chi connectivity index (χ1) is 8.24. The van der Waals surface area contributed by atoms with Gasteiger partial charge in [-0.3, -0.25) is 4.98 Å². The van der Waals surface area contributed by atoms with Crippen LogP contribution in [0.1, 0.15) is 29.1 Å². The SMILES string of the molecule is O[C@@H]1CC(c2cncs2)Oc2ccc(Br)cc21. The van der Waals surface area contributed by atoms with Crippen molar-refractivity contribution in [3.63, 3.8) is 0 Å². The van der Waals surface area contributed by atoms with Crippen LogP contribution in [0, 0.1) is 0 Å². The van der Waals surface area contributed by atoms with Crippen LogP contribution < -0.4 is 4.74 Å². The van der Waals surface area contributed by atoms with Crippen molar-refractivity contribution in [3.8, 4) is 5.75 Å². The molecule has 1 aliphatic heterocycles. The molecule has 1 N–H and O–H groups in total. The summed E-state index contributed by atoms with van der Waals surface area (Å²) in [5.74, 6) is 0.755. The van der Waals surface area contributed by atoms with Crippen LogP contribution in [-0.2, 0) is 0 Å². The van der Waals surface area contributed by atoms with Crippen molar-refractivity contribution in [1.29, 1.82) is 0 Å². The third kappa shape index (κ3) is 2.10. The van der Waals surface area contributed by atoms with E-state index in [1.165, 1.54) is 0 Å². The van der Waals surface area contributed by atoms with E-state index >= 15 is 0 Å². The summed E-state index contributed by atoms with van der Waals surface area (Å²) >= 11 is 4.95. The number of benzene rings is 1. The fraction of sp³-hybridized carbons (Fsp3) is 0.250. The summed E-state index contributed by atoms with van der Waals surface area (Å²) in [4.78, 5) is 5.10. The van der Waals surface area contributed by atoms with E-state index in [0.717, 1.165) is 20.7 Å². The summed E-state index contributed by atoms with van der Waals surface area (Å²) in [5.41, 5.74) is 2.63. The van der Waals surface area contributed by atoms with Gasteiger partial charge in [-0.25, -0.2) is 0 Å². The number of hydrogen-bond acceptors (Lipinski definition) is 4. The second-order valence-corrected chi connectivity index (χ2v) is 5.78. The van der Waals surface area contributed by atoms with Gasteiger partial charge in [0.05, 0.1) is 16.5 Å². The summed E-state index contributed by atoms with van der Waals surface area (Å²) in [6, 6.07) is 5.71. The van der Waals surface area contributed by atoms with Gasteiger partial charge in [-0.2, -0.15) is 0 Å². The maximum absolute atomic E-state index is 10.1. The van der Waals surface area contributed by atoms with Crippen molar-refractivity contribution in [3.05, 3.63) is 44.8 Å². The van der Waals surface area contributed by atoms with E-state index in [-0.39, 0.29) is 6.10 Å². The number of fused-ring (bicyclic) bond motifs is 1. The lowest BCUT2D eigenvalue weighted by atomic mass is 9.99. The maximum Gasteiger partial charge on any atom is 0.137 e. The number of hydrogen-bond donors (Lipinski definition) is 1. The predicted molar refractivity (Wildman–Crippen MR) is 69.2 cm³/mol. The first-order valence-corrected chi connectivity index (χ1v) is 6.94. The summed E-state index contributed by atoms with van der Waals surface area (Å²) in [6.07, 6.45) is 1.80. The Bertz CT molecular complexity index is 529. The van der Waals surface area contributed by atoms with Gasteiger partial charge in [0, 0.05) is 22.7 Å². The van der Waals surface area contributed by atoms with E-state index < -0.39 is 6.10 Å². The molecule has 0 aliphatic carbocycles. The molecule has 1 unspecified atom stereocenters. The van der Waals surface area contributed by atoms with Crippen molar-refractivity contribution in [1.82, 2.24) is 4.98 Å². The molecular formula is C12H10BrNO2S. The average molecular weight is 312 g/mol. The number of nitrogens with zero attached hydrogens (tertiary/aromatic N) is 1. The Balaban J connectivity index is 1.96. The Morgan fingerprint density at radius 2 is 2.35 bits per heavy atom. The van der Waals surface area contributed by atoms with E-state index in [1.54, 1.807) is 23.0 Å². The molecule has 0 saturated carbocycles. The minimum Gasteiger partial charge on any atom is -0.484 e. The molecular weight excluding hydrogens is 302 g/mol. The minimum absolute atomic E-state index is 0.0915. The van der Waals surface area contributed by atoms with Crippen LogP contribution in [0.25, 0.3) is 0 Å². The summed E-state index contributed by atoms with van der Waals surface area (Å²) < 4.78 is 6.85. The van der Waals surface area contributed by atoms with Crippen LogP contribution in [0.3, 0.4) is 0 Å². The lowest BCUT2D eigenvalue weighted by Gasteiger charge is -2.28. The molecule has 3 rings (SSSR count). The molecule has 2 aromatic rings. The van der Waals surface area contributed by atoms with Crippen molar-refractivity contribution < 1.29 is 9.84 Å². The third-order valence-electron chi connectivity index (χ3n) is 2.81. The molecule has 2 heterocycles. The van der Waals surface area contributed by atoms with E-state index in [0.29, 0.717) is 6.42 Å². The molecule has 0 amide bonds. The Morgan fingerprint density at radius 1 is 1.47 bits per heavy atom. The van der Waals surface area contributed by atoms with Crippen LogP contribution in [0.5, 0.6) is 5.75 Å². The molecule has 3 nitrogen and oxygen atoms in total. The number of aliphatic hydroxyl groups is 1. The number of aromatic nitrogens is 1. The van der Waals surface area contributed by atoms with Gasteiger partial charge in [0.2, 0.25) is 0 Å². The molecule has 2 atom stereocenters. The van der Waals surface area contributed by atoms with Crippen molar-refractivity contribution in [2.24, 2.45) is 0 Å². The standard InChI is InChI=1S/C12H10BrNO2S/c13-7-1-2-10-8(3-7)9(15)4-11(16-10)12-5-14-6-17-12/h1-3,5-6,9,11,15H,4H2/t9-,11?/m1/s1. The molecule has 0 saturated heterocycles. The zero-order chi connectivity index (χ0) is 11.8. The second-order valence-electron chi connectivity index (χ2n) is 3.94. The Hall–Kier alpha value is -0.910. The molecule has 0 bridgehead atoms. The molecule has 17 heavy (non-hydrogen) atoms. The zero-order valence-electron chi connectivity index (χ0n) is 8.84. The van der Waals surface area contributed by atoms with Crippen LogP contribution in [0.4, 0.5) is 0 Å². The molecule has 0 radical (unpaired) electrons. The first-order valence-electron chi connectivity index (χ1n) is 5.26. The monoisotopic (exact) mass is 311 g/mol. The van der Waals surface area contributed by atoms with E-state index in [2.05, 4.69) is 20.9 Å². The van der Waals surface area contributed by atoms with Crippen LogP contribution in [-0.4, -0.2) is 10.1 Å². The highest BCUT2D eigenvalue weighted by Crippen LogP contribution is 2.42. The Labute approximate surface area is 111 Å². The number of aliphatic hydroxyl groups excluding tert-OH is 1. The van der Waals surface area contributed by atoms with Gasteiger partial charge in [-0.1, -0.05) is 15.9 Å². The highest BCUT2D eigenvalue weighted by Gasteiger charge is 2.28. The minimum atomic E-state index is -0.483. The van der Waals surface area contributed by atoms with E-state index in [9.17, 15) is 5.11 Å². The normalized spacial score (nSPS) is 22.9. The highest BCUT2D eigenvalue weighted by atomic mass is 79.9. The summed E-state index contributed by atoms with van der Waals surface area (Å²) in [6.45, 7) is 0. The molecule has 5 heteroatoms. The largest absolute Gasteiger partial charge is 0.484 e. The molecule has 1 aromatic carbocycles. The number of ether oxygens (including phenoxy) is 1. The fourth-order valence-corrected chi connectivity index (χ4v) is 3.02. The lowest BCUT2D eigenvalue weighted by Crippen LogP contribution is -2.18. The first kappa shape index (κ1) is 11.2. The van der Waals surface area contributed by atoms with Crippen molar-refractivity contribution >= 4 is 27.3 Å². The molecule has 1 aromatic heterocycles. The topological polar surface area (TPSA) is 42.4 Å². The summed E-state index contributed by atoms with van der Waals surface area (Å²) in [7, 11) is 0. The van der Waals surface area contributed by atoms with Gasteiger partial charge in [0.25, 0.3) is 0 Å². The predicted octanol–water partition coefficient (Wildman–Crippen LogP) is 3.46. The molecule has 88 valence electrons. The lowest BCUT2D eigenvalue weighted by molar-refractivity contribution is 0.0673. The number of rotatable bonds is 1. The van der Waals surface area contributed by atoms with E-state index in [4.69, 9.17) is 4.74 Å². The zero-order valence-corrected chi connectivity index (χ0v) is 11.2. The highest BCUT2D eigenvalue weighted by molar-refractivity contribution is 9.10. The van der Waals surface area contributed by atoms with Gasteiger partial charge in [0.15, 0.2) is 0 Å². The van der Waals surface area contributed by atoms with Crippen molar-refractivity contribution in [2.45, 2.75) is 18.6 Å². The van der Waals surface area contributed by atoms with Gasteiger partial charge in [0.1, 0.15) is 11.9 Å². The molecule has 0 fully saturated rings. The van der Waals surface area contributed by atoms with Crippen LogP contribution >= 0.6 is 27.3 Å². The van der Waals surface area contributed by atoms with Crippen molar-refractivity contribution in [2.75, 3.05) is 0 Å². The third-order valence-corrected chi connectivity index (χ3v) is 4.17. The fourth-order valence-electron chi connectivity index (χ4n) is 1.98. The Morgan fingerprint density at radius 3 is 3.12 bits per heavy atom. The Kier molecular flexibility index (Phi) is 2.90. The number of thiazole rings is 1. The molecule has 0 spiro atoms. The quantitative estimate of drug-likeness (QED) is 0.877. The maximum atomic E-state index is 10.1.